The van der Waals surface area contributed by atoms with Crippen molar-refractivity contribution in [1.29, 1.82) is 5.26 Å². The zero-order chi connectivity index (χ0) is 49.9. The van der Waals surface area contributed by atoms with E-state index >= 15 is 0 Å². The molecule has 0 atom stereocenters. The van der Waals surface area contributed by atoms with Crippen LogP contribution in [0.4, 0.5) is 45.2 Å². The van der Waals surface area contributed by atoms with Gasteiger partial charge in [0.1, 0.15) is 17.4 Å². The Kier molecular flexibility index (Phi) is 14.5. The van der Waals surface area contributed by atoms with Crippen LogP contribution in [0.5, 0.6) is 5.75 Å². The van der Waals surface area contributed by atoms with E-state index in [-0.39, 0.29) is 19.4 Å². The van der Waals surface area contributed by atoms with E-state index in [9.17, 15) is 9.59 Å². The molecule has 17 heteroatoms. The summed E-state index contributed by atoms with van der Waals surface area (Å²) in [5, 5.41) is 23.9. The minimum atomic E-state index is -0.689. The summed E-state index contributed by atoms with van der Waals surface area (Å²) in [5.41, 5.74) is 9.78. The molecule has 0 aliphatic carbocycles. The van der Waals surface area contributed by atoms with Gasteiger partial charge in [-0.25, -0.2) is 19.9 Å². The van der Waals surface area contributed by atoms with E-state index in [1.165, 1.54) is 16.9 Å². The number of carbonyl (C=O) groups is 2. The normalized spacial score (nSPS) is 11.0. The van der Waals surface area contributed by atoms with Crippen LogP contribution in [0.2, 0.25) is 0 Å². The summed E-state index contributed by atoms with van der Waals surface area (Å²) in [4.78, 5) is 54.0. The number of carbonyl (C=O) groups excluding carboxylic acids is 2. The summed E-state index contributed by atoms with van der Waals surface area (Å²) in [6, 6.07) is 52.6. The van der Waals surface area contributed by atoms with Gasteiger partial charge in [0, 0.05) is 36.3 Å². The molecule has 0 bridgehead atoms. The number of aromatic nitrogens is 6. The Balaban J connectivity index is 0.712. The number of rotatable bonds is 19. The van der Waals surface area contributed by atoms with Gasteiger partial charge in [-0.3, -0.25) is 9.59 Å². The Labute approximate surface area is 428 Å². The lowest BCUT2D eigenvalue weighted by Gasteiger charge is -2.11. The van der Waals surface area contributed by atoms with Crippen LogP contribution in [0.15, 0.2) is 158 Å². The van der Waals surface area contributed by atoms with Gasteiger partial charge in [-0.1, -0.05) is 108 Å². The number of nitriles is 1. The molecule has 0 saturated heterocycles. The SMILES string of the molecule is Cc1ccc2nc(Nc3cc(Cc4ccccc4)nc(Nc4ccc(OCCC(=O)OC(=O)Cc5ccc(Nc6nc(Cc7ccccc7)cc(Nc7nc8ccc(CC#N)cc8s7)n6)cc5)cc4)n3)sc2c1. The lowest BCUT2D eigenvalue weighted by molar-refractivity contribution is -0.159. The molecular weight excluding hydrogens is 955 g/mol. The van der Waals surface area contributed by atoms with Crippen molar-refractivity contribution in [1.82, 2.24) is 29.9 Å². The van der Waals surface area contributed by atoms with Crippen LogP contribution < -0.4 is 26.0 Å². The van der Waals surface area contributed by atoms with Gasteiger partial charge in [0.25, 0.3) is 0 Å². The monoisotopic (exact) mass is 999 g/mol. The number of nitrogens with zero attached hydrogens (tertiary/aromatic N) is 7. The second kappa shape index (κ2) is 22.3. The fraction of sp³-hybridized carbons (Fsp3) is 0.125. The Morgan fingerprint density at radius 3 is 1.66 bits per heavy atom. The van der Waals surface area contributed by atoms with E-state index in [0.717, 1.165) is 59.3 Å². The Hall–Kier alpha value is -9.11. The summed E-state index contributed by atoms with van der Waals surface area (Å²) in [7, 11) is 0. The first-order valence-corrected chi connectivity index (χ1v) is 24.9. The largest absolute Gasteiger partial charge is 0.493 e. The first-order valence-electron chi connectivity index (χ1n) is 23.3. The van der Waals surface area contributed by atoms with Crippen LogP contribution in [-0.2, 0) is 40.0 Å². The number of benzene rings is 6. The molecule has 4 N–H and O–H groups in total. The molecule has 0 aliphatic rings. The van der Waals surface area contributed by atoms with Gasteiger partial charge in [0.15, 0.2) is 10.3 Å². The standard InChI is InChI=1S/C56H45N11O4S2/c1-35-12-22-45-47(28-35)72-55(62-45)66-49-33-43(30-37-10-6-3-7-11-37)61-54(65-49)59-41-18-20-44(21-19-41)70-27-25-51(68)71-52(69)32-38-13-16-40(17-14-38)58-53-60-42(29-36-8-4-2-5-9-36)34-50(64-53)67-56-63-46-23-15-39(24-26-57)31-48(46)73-56/h2-23,28,31,33-34H,24-25,27,29-30,32H2,1H3,(H2,58,60,63,64,67)(H2,59,61,62,65,66). The average Bonchev–Trinajstić information content (AvgIpc) is 3.97. The van der Waals surface area contributed by atoms with Gasteiger partial charge in [-0.05, 0) is 95.4 Å². The van der Waals surface area contributed by atoms with E-state index in [4.69, 9.17) is 44.6 Å². The van der Waals surface area contributed by atoms with Gasteiger partial charge in [0.2, 0.25) is 11.9 Å². The first kappa shape index (κ1) is 47.6. The molecule has 15 nitrogen and oxygen atoms in total. The van der Waals surface area contributed by atoms with Crippen molar-refractivity contribution in [3.63, 3.8) is 0 Å². The summed E-state index contributed by atoms with van der Waals surface area (Å²) in [5.74, 6) is 1.13. The average molecular weight is 1000 g/mol. The van der Waals surface area contributed by atoms with Crippen LogP contribution >= 0.6 is 22.7 Å². The Morgan fingerprint density at radius 2 is 1.08 bits per heavy atom. The van der Waals surface area contributed by atoms with E-state index in [1.54, 1.807) is 35.6 Å². The molecule has 73 heavy (non-hydrogen) atoms. The maximum atomic E-state index is 12.8. The van der Waals surface area contributed by atoms with Gasteiger partial charge in [0.05, 0.1) is 63.8 Å². The summed E-state index contributed by atoms with van der Waals surface area (Å²) in [6.45, 7) is 2.08. The number of hydrogen-bond acceptors (Lipinski definition) is 17. The zero-order valence-corrected chi connectivity index (χ0v) is 41.0. The number of aryl methyl sites for hydroxylation is 1. The third kappa shape index (κ3) is 13.0. The highest BCUT2D eigenvalue weighted by atomic mass is 32.1. The van der Waals surface area contributed by atoms with E-state index in [1.807, 2.05) is 115 Å². The summed E-state index contributed by atoms with van der Waals surface area (Å²) >= 11 is 3.05. The van der Waals surface area contributed by atoms with Crippen LogP contribution in [0.1, 0.15) is 45.6 Å². The number of thiazole rings is 2. The van der Waals surface area contributed by atoms with Crippen molar-refractivity contribution in [3.8, 4) is 11.8 Å². The maximum Gasteiger partial charge on any atom is 0.317 e. The highest BCUT2D eigenvalue weighted by Crippen LogP contribution is 2.32. The molecule has 0 spiro atoms. The molecule has 0 radical (unpaired) electrons. The van der Waals surface area contributed by atoms with Crippen molar-refractivity contribution in [3.05, 3.63) is 197 Å². The molecule has 10 rings (SSSR count). The van der Waals surface area contributed by atoms with Crippen molar-refractivity contribution < 1.29 is 19.1 Å². The number of ether oxygens (including phenoxy) is 2. The minimum Gasteiger partial charge on any atom is -0.493 e. The summed E-state index contributed by atoms with van der Waals surface area (Å²) < 4.78 is 13.0. The highest BCUT2D eigenvalue weighted by Gasteiger charge is 2.15. The lowest BCUT2D eigenvalue weighted by atomic mass is 10.1. The molecule has 4 heterocycles. The molecule has 0 fully saturated rings. The van der Waals surface area contributed by atoms with Crippen LogP contribution in [0.3, 0.4) is 0 Å². The van der Waals surface area contributed by atoms with Crippen molar-refractivity contribution in [2.45, 2.75) is 39.0 Å². The molecule has 0 amide bonds. The van der Waals surface area contributed by atoms with Gasteiger partial charge in [-0.15, -0.1) is 0 Å². The molecular formula is C56H45N11O4S2. The van der Waals surface area contributed by atoms with Crippen molar-refractivity contribution >= 4 is 100 Å². The van der Waals surface area contributed by atoms with E-state index in [2.05, 4.69) is 52.5 Å². The number of nitrogens with one attached hydrogen (secondary N) is 4. The van der Waals surface area contributed by atoms with Gasteiger partial charge in [-0.2, -0.15) is 15.2 Å². The van der Waals surface area contributed by atoms with Crippen LogP contribution in [-0.4, -0.2) is 48.4 Å². The molecule has 360 valence electrons. The number of fused-ring (bicyclic) bond motifs is 2. The lowest BCUT2D eigenvalue weighted by Crippen LogP contribution is -2.16. The van der Waals surface area contributed by atoms with E-state index in [0.29, 0.717) is 64.9 Å². The predicted molar refractivity (Wildman–Crippen MR) is 287 cm³/mol. The molecule has 4 aromatic heterocycles. The number of anilines is 8. The fourth-order valence-corrected chi connectivity index (χ4v) is 9.69. The third-order valence-electron chi connectivity index (χ3n) is 11.2. The molecule has 6 aromatic carbocycles. The minimum absolute atomic E-state index is 0.0148. The number of esters is 2. The third-order valence-corrected chi connectivity index (χ3v) is 13.1. The first-order chi connectivity index (χ1) is 35.7. The van der Waals surface area contributed by atoms with Gasteiger partial charge >= 0.3 is 11.9 Å². The van der Waals surface area contributed by atoms with Crippen LogP contribution in [0, 0.1) is 18.3 Å². The molecule has 0 saturated carbocycles. The van der Waals surface area contributed by atoms with E-state index < -0.39 is 11.9 Å². The zero-order valence-electron chi connectivity index (χ0n) is 39.3. The highest BCUT2D eigenvalue weighted by molar-refractivity contribution is 7.22. The Bertz CT molecular complexity index is 3600. The molecule has 0 unspecified atom stereocenters. The Morgan fingerprint density at radius 1 is 0.548 bits per heavy atom. The molecule has 0 aliphatic heterocycles. The maximum absolute atomic E-state index is 12.8. The van der Waals surface area contributed by atoms with Crippen molar-refractivity contribution in [2.24, 2.45) is 0 Å². The second-order valence-corrected chi connectivity index (χ2v) is 19.0. The molecule has 10 aromatic rings. The quantitative estimate of drug-likeness (QED) is 0.0440. The van der Waals surface area contributed by atoms with Gasteiger partial charge < -0.3 is 30.7 Å². The number of hydrogen-bond donors (Lipinski definition) is 4. The predicted octanol–water partition coefficient (Wildman–Crippen LogP) is 12.1. The second-order valence-electron chi connectivity index (χ2n) is 16.9. The topological polar surface area (TPSA) is 202 Å². The van der Waals surface area contributed by atoms with Crippen LogP contribution in [0.25, 0.3) is 20.4 Å². The van der Waals surface area contributed by atoms with Crippen molar-refractivity contribution in [2.75, 3.05) is 27.9 Å². The smallest absolute Gasteiger partial charge is 0.317 e. The fourth-order valence-electron chi connectivity index (χ4n) is 7.79. The summed E-state index contributed by atoms with van der Waals surface area (Å²) in [6.07, 6.45) is 1.30.